The number of nitrogens with two attached hydrogens (primary N) is 1. The molecule has 2 nitrogen and oxygen atoms in total. The van der Waals surface area contributed by atoms with Gasteiger partial charge in [-0.3, -0.25) is 0 Å². The van der Waals surface area contributed by atoms with E-state index < -0.39 is 0 Å². The number of nitrogens with zero attached hydrogens (tertiary/aromatic N) is 1. The Morgan fingerprint density at radius 2 is 2.25 bits per heavy atom. The van der Waals surface area contributed by atoms with Crippen molar-refractivity contribution in [3.05, 3.63) is 28.8 Å². The van der Waals surface area contributed by atoms with E-state index >= 15 is 0 Å². The summed E-state index contributed by atoms with van der Waals surface area (Å²) < 4.78 is 0. The molecule has 0 amide bonds. The van der Waals surface area contributed by atoms with Gasteiger partial charge in [-0.05, 0) is 24.5 Å². The van der Waals surface area contributed by atoms with Gasteiger partial charge in [0.25, 0.3) is 0 Å². The van der Waals surface area contributed by atoms with Crippen LogP contribution in [0.5, 0.6) is 0 Å². The van der Waals surface area contributed by atoms with Crippen LogP contribution in [-0.2, 0) is 0 Å². The second-order valence-electron chi connectivity index (χ2n) is 3.44. The zero-order valence-electron chi connectivity index (χ0n) is 9.37. The second-order valence-corrected chi connectivity index (χ2v) is 5.30. The number of anilines is 1. The minimum Gasteiger partial charge on any atom is -0.389 e. The molecule has 88 valence electrons. The summed E-state index contributed by atoms with van der Waals surface area (Å²) >= 11 is 12.8. The Morgan fingerprint density at radius 3 is 2.81 bits per heavy atom. The first-order valence-corrected chi connectivity index (χ1v) is 7.03. The molecule has 0 aliphatic carbocycles. The van der Waals surface area contributed by atoms with E-state index in [0.717, 1.165) is 23.5 Å². The molecule has 0 spiro atoms. The van der Waals surface area contributed by atoms with Crippen LogP contribution in [0.2, 0.25) is 5.02 Å². The summed E-state index contributed by atoms with van der Waals surface area (Å²) in [6.45, 7) is 0.942. The molecule has 0 aliphatic rings. The van der Waals surface area contributed by atoms with Crippen LogP contribution in [0.1, 0.15) is 5.56 Å². The van der Waals surface area contributed by atoms with Gasteiger partial charge < -0.3 is 10.6 Å². The van der Waals surface area contributed by atoms with Gasteiger partial charge >= 0.3 is 0 Å². The second kappa shape index (κ2) is 6.33. The smallest absolute Gasteiger partial charge is 0.106 e. The fourth-order valence-corrected chi connectivity index (χ4v) is 2.17. The maximum absolute atomic E-state index is 5.98. The molecule has 0 saturated heterocycles. The molecule has 16 heavy (non-hydrogen) atoms. The van der Waals surface area contributed by atoms with Gasteiger partial charge in [0, 0.05) is 35.6 Å². The summed E-state index contributed by atoms with van der Waals surface area (Å²) in [5.41, 5.74) is 7.56. The number of thiocarbonyl (C=S) groups is 1. The molecule has 0 radical (unpaired) electrons. The Morgan fingerprint density at radius 1 is 1.56 bits per heavy atom. The lowest BCUT2D eigenvalue weighted by molar-refractivity contribution is 0.976. The van der Waals surface area contributed by atoms with E-state index in [2.05, 4.69) is 11.2 Å². The summed E-state index contributed by atoms with van der Waals surface area (Å²) in [4.78, 5) is 2.53. The molecule has 0 heterocycles. The summed E-state index contributed by atoms with van der Waals surface area (Å²) in [5.74, 6) is 1.06. The third-order valence-electron chi connectivity index (χ3n) is 2.27. The van der Waals surface area contributed by atoms with Crippen molar-refractivity contribution in [1.29, 1.82) is 0 Å². The predicted molar refractivity (Wildman–Crippen MR) is 79.0 cm³/mol. The average Bonchev–Trinajstić information content (AvgIpc) is 2.25. The van der Waals surface area contributed by atoms with Crippen LogP contribution in [-0.4, -0.2) is 30.6 Å². The Bertz CT molecular complexity index is 382. The number of hydrogen-bond donors (Lipinski definition) is 1. The fourth-order valence-electron chi connectivity index (χ4n) is 1.38. The quantitative estimate of drug-likeness (QED) is 0.836. The highest BCUT2D eigenvalue weighted by molar-refractivity contribution is 7.98. The van der Waals surface area contributed by atoms with Gasteiger partial charge in [0.1, 0.15) is 4.99 Å². The number of rotatable bonds is 5. The summed E-state index contributed by atoms with van der Waals surface area (Å²) in [5, 5.41) is 0.700. The molecule has 0 aromatic heterocycles. The zero-order valence-corrected chi connectivity index (χ0v) is 11.8. The van der Waals surface area contributed by atoms with Gasteiger partial charge in [0.15, 0.2) is 0 Å². The predicted octanol–water partition coefficient (Wildman–Crippen LogP) is 2.77. The van der Waals surface area contributed by atoms with E-state index in [-0.39, 0.29) is 0 Å². The maximum Gasteiger partial charge on any atom is 0.106 e. The topological polar surface area (TPSA) is 29.3 Å². The monoisotopic (exact) mass is 274 g/mol. The maximum atomic E-state index is 5.98. The van der Waals surface area contributed by atoms with Gasteiger partial charge in [0.05, 0.1) is 0 Å². The number of halogens is 1. The minimum atomic E-state index is 0.405. The number of hydrogen-bond acceptors (Lipinski definition) is 3. The molecule has 0 saturated carbocycles. The molecule has 1 aromatic rings. The van der Waals surface area contributed by atoms with Gasteiger partial charge in [-0.15, -0.1) is 0 Å². The van der Waals surface area contributed by atoms with E-state index in [4.69, 9.17) is 29.6 Å². The summed E-state index contributed by atoms with van der Waals surface area (Å²) in [6.07, 6.45) is 2.08. The highest BCUT2D eigenvalue weighted by atomic mass is 35.5. The molecule has 1 rings (SSSR count). The number of thioether (sulfide) groups is 1. The van der Waals surface area contributed by atoms with Crippen molar-refractivity contribution in [2.75, 3.05) is 30.5 Å². The van der Waals surface area contributed by atoms with Gasteiger partial charge in [-0.1, -0.05) is 23.8 Å². The first-order chi connectivity index (χ1) is 7.56. The standard InChI is InChI=1S/C11H15ClN2S2/c1-14(5-6-16-2)10-7-8(12)3-4-9(10)11(13)15/h3-4,7H,5-6H2,1-2H3,(H2,13,15). The van der Waals surface area contributed by atoms with Crippen LogP contribution in [0.3, 0.4) is 0 Å². The van der Waals surface area contributed by atoms with Crippen LogP contribution in [0.4, 0.5) is 5.69 Å². The van der Waals surface area contributed by atoms with Crippen molar-refractivity contribution in [2.24, 2.45) is 5.73 Å². The van der Waals surface area contributed by atoms with Gasteiger partial charge in [-0.2, -0.15) is 11.8 Å². The third-order valence-corrected chi connectivity index (χ3v) is 3.31. The van der Waals surface area contributed by atoms with Crippen LogP contribution < -0.4 is 10.6 Å². The van der Waals surface area contributed by atoms with Gasteiger partial charge in [0.2, 0.25) is 0 Å². The van der Waals surface area contributed by atoms with E-state index in [1.165, 1.54) is 0 Å². The summed E-state index contributed by atoms with van der Waals surface area (Å²) in [6, 6.07) is 5.58. The van der Waals surface area contributed by atoms with Crippen LogP contribution >= 0.6 is 35.6 Å². The SMILES string of the molecule is CSCCN(C)c1cc(Cl)ccc1C(N)=S. The lowest BCUT2D eigenvalue weighted by Crippen LogP contribution is -2.24. The molecule has 0 fully saturated rings. The number of benzene rings is 1. The van der Waals surface area contributed by atoms with Crippen LogP contribution in [0.25, 0.3) is 0 Å². The van der Waals surface area contributed by atoms with E-state index in [0.29, 0.717) is 10.0 Å². The molecular formula is C11H15ClN2S2. The largest absolute Gasteiger partial charge is 0.389 e. The van der Waals surface area contributed by atoms with E-state index in [1.807, 2.05) is 25.2 Å². The molecule has 0 aliphatic heterocycles. The lowest BCUT2D eigenvalue weighted by Gasteiger charge is -2.22. The Balaban J connectivity index is 2.99. The summed E-state index contributed by atoms with van der Waals surface area (Å²) in [7, 11) is 2.02. The third kappa shape index (κ3) is 3.54. The zero-order chi connectivity index (χ0) is 12.1. The van der Waals surface area contributed by atoms with Crippen LogP contribution in [0.15, 0.2) is 18.2 Å². The molecule has 0 atom stereocenters. The van der Waals surface area contributed by atoms with Crippen molar-refractivity contribution in [1.82, 2.24) is 0 Å². The van der Waals surface area contributed by atoms with Crippen molar-refractivity contribution >= 4 is 46.3 Å². The first kappa shape index (κ1) is 13.6. The molecule has 5 heteroatoms. The highest BCUT2D eigenvalue weighted by Crippen LogP contribution is 2.24. The van der Waals surface area contributed by atoms with Crippen molar-refractivity contribution in [3.8, 4) is 0 Å². The Labute approximate surface area is 111 Å². The minimum absolute atomic E-state index is 0.405. The Hall–Kier alpha value is -0.450. The Kier molecular flexibility index (Phi) is 5.38. The van der Waals surface area contributed by atoms with Crippen molar-refractivity contribution in [3.63, 3.8) is 0 Å². The highest BCUT2D eigenvalue weighted by Gasteiger charge is 2.09. The van der Waals surface area contributed by atoms with E-state index in [1.54, 1.807) is 11.8 Å². The molecule has 2 N–H and O–H groups in total. The van der Waals surface area contributed by atoms with Crippen molar-refractivity contribution in [2.45, 2.75) is 0 Å². The molecular weight excluding hydrogens is 260 g/mol. The first-order valence-electron chi connectivity index (χ1n) is 4.85. The molecule has 0 unspecified atom stereocenters. The average molecular weight is 275 g/mol. The van der Waals surface area contributed by atoms with Gasteiger partial charge in [-0.25, -0.2) is 0 Å². The fraction of sp³-hybridized carbons (Fsp3) is 0.364. The normalized spacial score (nSPS) is 10.2. The van der Waals surface area contributed by atoms with Crippen molar-refractivity contribution < 1.29 is 0 Å². The van der Waals surface area contributed by atoms with E-state index in [9.17, 15) is 0 Å². The molecule has 0 bridgehead atoms. The lowest BCUT2D eigenvalue weighted by atomic mass is 10.1. The van der Waals surface area contributed by atoms with Crippen LogP contribution in [0, 0.1) is 0 Å². The molecule has 1 aromatic carbocycles.